The maximum absolute atomic E-state index is 12.8. The number of nitrogens with one attached hydrogen (secondary N) is 1. The van der Waals surface area contributed by atoms with E-state index in [2.05, 4.69) is 15.3 Å². The average molecular weight is 388 g/mol. The predicted molar refractivity (Wildman–Crippen MR) is 112 cm³/mol. The van der Waals surface area contributed by atoms with Gasteiger partial charge in [-0.25, -0.2) is 0 Å². The molecule has 0 bridgehead atoms. The van der Waals surface area contributed by atoms with Crippen molar-refractivity contribution in [3.63, 3.8) is 0 Å². The van der Waals surface area contributed by atoms with Gasteiger partial charge in [0.1, 0.15) is 17.4 Å². The van der Waals surface area contributed by atoms with Crippen LogP contribution in [-0.4, -0.2) is 27.6 Å². The van der Waals surface area contributed by atoms with Crippen LogP contribution in [-0.2, 0) is 6.54 Å². The number of aromatic nitrogens is 3. The molecule has 0 atom stereocenters. The van der Waals surface area contributed by atoms with Gasteiger partial charge in [-0.3, -0.25) is 4.79 Å². The fourth-order valence-electron chi connectivity index (χ4n) is 3.22. The zero-order valence-electron chi connectivity index (χ0n) is 15.8. The Morgan fingerprint density at radius 3 is 2.72 bits per heavy atom. The number of methoxy groups -OCH3 is 1. The Labute approximate surface area is 167 Å². The van der Waals surface area contributed by atoms with Crippen LogP contribution in [0.4, 0.5) is 11.8 Å². The summed E-state index contributed by atoms with van der Waals surface area (Å²) in [6.07, 6.45) is 1.82. The van der Waals surface area contributed by atoms with Crippen LogP contribution < -0.4 is 21.5 Å². The van der Waals surface area contributed by atoms with E-state index in [0.29, 0.717) is 17.9 Å². The second-order valence-corrected chi connectivity index (χ2v) is 6.47. The van der Waals surface area contributed by atoms with Crippen molar-refractivity contribution in [1.29, 1.82) is 0 Å². The number of amides is 1. The van der Waals surface area contributed by atoms with E-state index < -0.39 is 0 Å². The molecule has 2 heterocycles. The maximum Gasteiger partial charge on any atom is 0.252 e. The number of nitrogens with zero attached hydrogens (tertiary/aromatic N) is 3. The largest absolute Gasteiger partial charge is 0.497 e. The number of nitrogen functional groups attached to an aromatic ring is 2. The summed E-state index contributed by atoms with van der Waals surface area (Å²) in [6, 6.07) is 16.6. The van der Waals surface area contributed by atoms with E-state index in [-0.39, 0.29) is 17.7 Å². The van der Waals surface area contributed by atoms with Gasteiger partial charge in [0.05, 0.1) is 12.6 Å². The molecule has 0 aliphatic carbocycles. The second kappa shape index (κ2) is 7.51. The van der Waals surface area contributed by atoms with E-state index in [0.717, 1.165) is 22.2 Å². The number of carbonyl (C=O) groups excluding carboxylic acids is 1. The van der Waals surface area contributed by atoms with Gasteiger partial charge in [0, 0.05) is 29.8 Å². The van der Waals surface area contributed by atoms with Gasteiger partial charge in [0.2, 0.25) is 5.95 Å². The smallest absolute Gasteiger partial charge is 0.252 e. The fourth-order valence-corrected chi connectivity index (χ4v) is 3.22. The first-order chi connectivity index (χ1) is 14.0. The van der Waals surface area contributed by atoms with E-state index in [9.17, 15) is 4.79 Å². The van der Waals surface area contributed by atoms with Crippen LogP contribution in [0.15, 0.2) is 60.8 Å². The topological polar surface area (TPSA) is 121 Å². The van der Waals surface area contributed by atoms with Gasteiger partial charge in [-0.05, 0) is 35.9 Å². The van der Waals surface area contributed by atoms with E-state index >= 15 is 0 Å². The van der Waals surface area contributed by atoms with E-state index in [1.807, 2.05) is 53.2 Å². The molecule has 1 amide bonds. The number of benzene rings is 2. The third-order valence-electron chi connectivity index (χ3n) is 4.56. The van der Waals surface area contributed by atoms with Crippen LogP contribution in [0.5, 0.6) is 5.75 Å². The van der Waals surface area contributed by atoms with Gasteiger partial charge < -0.3 is 26.1 Å². The summed E-state index contributed by atoms with van der Waals surface area (Å²) in [7, 11) is 1.61. The molecule has 2 aromatic carbocycles. The number of anilines is 2. The summed E-state index contributed by atoms with van der Waals surface area (Å²) in [5.41, 5.74) is 13.8. The third-order valence-corrected chi connectivity index (χ3v) is 4.56. The van der Waals surface area contributed by atoms with Crippen LogP contribution in [0.2, 0.25) is 0 Å². The number of fused-ring (bicyclic) bond motifs is 1. The minimum atomic E-state index is -0.169. The van der Waals surface area contributed by atoms with Crippen LogP contribution in [0, 0.1) is 0 Å². The van der Waals surface area contributed by atoms with Gasteiger partial charge in [0.15, 0.2) is 0 Å². The van der Waals surface area contributed by atoms with E-state index in [1.54, 1.807) is 19.2 Å². The monoisotopic (exact) mass is 388 g/mol. The zero-order chi connectivity index (χ0) is 20.4. The van der Waals surface area contributed by atoms with Crippen molar-refractivity contribution in [2.75, 3.05) is 18.6 Å². The highest BCUT2D eigenvalue weighted by Crippen LogP contribution is 2.24. The van der Waals surface area contributed by atoms with E-state index in [1.165, 1.54) is 0 Å². The number of carbonyl (C=O) groups is 1. The SMILES string of the molecule is COc1cccc(CNC(=O)c2cccc3c2ccn3-c2cc(N)nc(N)n2)c1. The van der Waals surface area contributed by atoms with Crippen molar-refractivity contribution >= 4 is 28.6 Å². The molecular formula is C21H20N6O2. The van der Waals surface area contributed by atoms with Gasteiger partial charge in [-0.2, -0.15) is 9.97 Å². The third kappa shape index (κ3) is 3.68. The number of nitrogens with two attached hydrogens (primary N) is 2. The number of hydrogen-bond acceptors (Lipinski definition) is 6. The number of hydrogen-bond donors (Lipinski definition) is 3. The summed E-state index contributed by atoms with van der Waals surface area (Å²) >= 11 is 0. The van der Waals surface area contributed by atoms with Crippen molar-refractivity contribution in [2.45, 2.75) is 6.54 Å². The van der Waals surface area contributed by atoms with Crippen molar-refractivity contribution in [2.24, 2.45) is 0 Å². The fraction of sp³-hybridized carbons (Fsp3) is 0.0952. The Balaban J connectivity index is 1.62. The molecule has 8 nitrogen and oxygen atoms in total. The molecule has 0 radical (unpaired) electrons. The predicted octanol–water partition coefficient (Wildman–Crippen LogP) is 2.52. The Hall–Kier alpha value is -4.07. The highest BCUT2D eigenvalue weighted by Gasteiger charge is 2.14. The summed E-state index contributed by atoms with van der Waals surface area (Å²) < 4.78 is 7.04. The molecule has 5 N–H and O–H groups in total. The van der Waals surface area contributed by atoms with Crippen LogP contribution in [0.1, 0.15) is 15.9 Å². The molecule has 0 saturated carbocycles. The Morgan fingerprint density at radius 1 is 1.10 bits per heavy atom. The lowest BCUT2D eigenvalue weighted by atomic mass is 10.1. The van der Waals surface area contributed by atoms with Crippen molar-refractivity contribution < 1.29 is 9.53 Å². The first kappa shape index (κ1) is 18.3. The van der Waals surface area contributed by atoms with Crippen LogP contribution in [0.3, 0.4) is 0 Å². The Bertz CT molecular complexity index is 1180. The molecule has 0 fully saturated rings. The van der Waals surface area contributed by atoms with Gasteiger partial charge in [-0.1, -0.05) is 18.2 Å². The molecule has 2 aromatic heterocycles. The first-order valence-electron chi connectivity index (χ1n) is 8.97. The summed E-state index contributed by atoms with van der Waals surface area (Å²) in [5, 5.41) is 3.75. The van der Waals surface area contributed by atoms with Crippen molar-refractivity contribution in [1.82, 2.24) is 19.9 Å². The standard InChI is InChI=1S/C21H20N6O2/c1-29-14-5-2-4-13(10-14)12-24-20(28)16-6-3-7-17-15(16)8-9-27(17)19-11-18(22)25-21(23)26-19/h2-11H,12H2,1H3,(H,24,28)(H4,22,23,25,26). The molecule has 29 heavy (non-hydrogen) atoms. The first-order valence-corrected chi connectivity index (χ1v) is 8.97. The molecule has 8 heteroatoms. The quantitative estimate of drug-likeness (QED) is 0.483. The molecule has 0 spiro atoms. The van der Waals surface area contributed by atoms with Gasteiger partial charge in [0.25, 0.3) is 5.91 Å². The highest BCUT2D eigenvalue weighted by molar-refractivity contribution is 6.06. The number of ether oxygens (including phenoxy) is 1. The van der Waals surface area contributed by atoms with Crippen molar-refractivity contribution in [3.05, 3.63) is 71.9 Å². The molecule has 146 valence electrons. The molecule has 0 unspecified atom stereocenters. The normalized spacial score (nSPS) is 10.8. The zero-order valence-corrected chi connectivity index (χ0v) is 15.8. The maximum atomic E-state index is 12.8. The minimum absolute atomic E-state index is 0.0917. The van der Waals surface area contributed by atoms with Crippen LogP contribution >= 0.6 is 0 Å². The van der Waals surface area contributed by atoms with E-state index in [4.69, 9.17) is 16.2 Å². The molecule has 4 rings (SSSR count). The van der Waals surface area contributed by atoms with Gasteiger partial charge >= 0.3 is 0 Å². The summed E-state index contributed by atoms with van der Waals surface area (Å²) in [6.45, 7) is 0.395. The highest BCUT2D eigenvalue weighted by atomic mass is 16.5. The van der Waals surface area contributed by atoms with Crippen molar-refractivity contribution in [3.8, 4) is 11.6 Å². The summed E-state index contributed by atoms with van der Waals surface area (Å²) in [4.78, 5) is 20.9. The lowest BCUT2D eigenvalue weighted by Gasteiger charge is -2.09. The molecule has 4 aromatic rings. The molecule has 0 aliphatic heterocycles. The number of rotatable bonds is 5. The Morgan fingerprint density at radius 2 is 1.93 bits per heavy atom. The minimum Gasteiger partial charge on any atom is -0.497 e. The lowest BCUT2D eigenvalue weighted by Crippen LogP contribution is -2.23. The molecule has 0 aliphatic rings. The Kier molecular flexibility index (Phi) is 4.74. The molecule has 0 saturated heterocycles. The average Bonchev–Trinajstić information content (AvgIpc) is 3.15. The van der Waals surface area contributed by atoms with Crippen LogP contribution in [0.25, 0.3) is 16.7 Å². The lowest BCUT2D eigenvalue weighted by molar-refractivity contribution is 0.0952. The van der Waals surface area contributed by atoms with Gasteiger partial charge in [-0.15, -0.1) is 0 Å². The summed E-state index contributed by atoms with van der Waals surface area (Å²) in [5.74, 6) is 1.49. The second-order valence-electron chi connectivity index (χ2n) is 6.47. The molecular weight excluding hydrogens is 368 g/mol.